The molecule has 0 aliphatic carbocycles. The van der Waals surface area contributed by atoms with Gasteiger partial charge in [-0.05, 0) is 18.3 Å². The summed E-state index contributed by atoms with van der Waals surface area (Å²) in [5, 5.41) is 2.91. The lowest BCUT2D eigenvalue weighted by molar-refractivity contribution is -0.121. The van der Waals surface area contributed by atoms with Gasteiger partial charge in [0.15, 0.2) is 0 Å². The van der Waals surface area contributed by atoms with Crippen molar-refractivity contribution in [1.29, 1.82) is 0 Å². The van der Waals surface area contributed by atoms with Crippen LogP contribution in [0.25, 0.3) is 0 Å². The van der Waals surface area contributed by atoms with Crippen LogP contribution in [-0.2, 0) is 9.53 Å². The summed E-state index contributed by atoms with van der Waals surface area (Å²) in [6.45, 7) is 5.66. The Bertz CT molecular complexity index is 183. The molecule has 0 aliphatic rings. The maximum Gasteiger partial charge on any atom is 0.220 e. The van der Waals surface area contributed by atoms with Gasteiger partial charge in [0.1, 0.15) is 0 Å². The van der Waals surface area contributed by atoms with Gasteiger partial charge in [0.2, 0.25) is 5.91 Å². The maximum absolute atomic E-state index is 11.3. The smallest absolute Gasteiger partial charge is 0.220 e. The van der Waals surface area contributed by atoms with Gasteiger partial charge in [0.25, 0.3) is 0 Å². The molecule has 0 unspecified atom stereocenters. The van der Waals surface area contributed by atoms with Crippen molar-refractivity contribution in [2.24, 2.45) is 5.41 Å². The number of amides is 1. The Morgan fingerprint density at radius 1 is 1.47 bits per heavy atom. The lowest BCUT2D eigenvalue weighted by atomic mass is 9.89. The predicted molar refractivity (Wildman–Crippen MR) is 63.2 cm³/mol. The molecule has 0 bridgehead atoms. The van der Waals surface area contributed by atoms with Gasteiger partial charge < -0.3 is 10.1 Å². The number of carbonyl (C=O) groups excluding carboxylic acids is 1. The molecule has 1 amide bonds. The topological polar surface area (TPSA) is 38.3 Å². The van der Waals surface area contributed by atoms with Gasteiger partial charge in [-0.2, -0.15) is 0 Å². The monoisotopic (exact) mass is 235 g/mol. The molecule has 0 saturated carbocycles. The Balaban J connectivity index is 3.67. The first-order chi connectivity index (χ1) is 7.02. The maximum atomic E-state index is 11.3. The molecule has 15 heavy (non-hydrogen) atoms. The zero-order valence-electron chi connectivity index (χ0n) is 9.94. The lowest BCUT2D eigenvalue weighted by Gasteiger charge is -2.24. The number of halogens is 1. The fourth-order valence-electron chi connectivity index (χ4n) is 1.12. The van der Waals surface area contributed by atoms with Gasteiger partial charge in [-0.15, -0.1) is 11.6 Å². The molecule has 0 rings (SSSR count). The average molecular weight is 236 g/mol. The average Bonchev–Trinajstić information content (AvgIpc) is 2.21. The van der Waals surface area contributed by atoms with Crippen molar-refractivity contribution in [3.8, 4) is 0 Å². The third kappa shape index (κ3) is 8.70. The van der Waals surface area contributed by atoms with E-state index >= 15 is 0 Å². The highest BCUT2D eigenvalue weighted by molar-refractivity contribution is 6.17. The Kier molecular flexibility index (Phi) is 7.79. The van der Waals surface area contributed by atoms with Crippen LogP contribution in [0.2, 0.25) is 0 Å². The molecule has 0 aliphatic heterocycles. The Labute approximate surface area is 97.5 Å². The van der Waals surface area contributed by atoms with Crippen LogP contribution >= 0.6 is 11.6 Å². The van der Waals surface area contributed by atoms with Crippen molar-refractivity contribution < 1.29 is 9.53 Å². The van der Waals surface area contributed by atoms with Gasteiger partial charge >= 0.3 is 0 Å². The largest absolute Gasteiger partial charge is 0.385 e. The molecule has 1 N–H and O–H groups in total. The van der Waals surface area contributed by atoms with Gasteiger partial charge in [-0.1, -0.05) is 13.8 Å². The van der Waals surface area contributed by atoms with Gasteiger partial charge in [0.05, 0.1) is 0 Å². The first kappa shape index (κ1) is 14.7. The Morgan fingerprint density at radius 3 is 2.67 bits per heavy atom. The highest BCUT2D eigenvalue weighted by atomic mass is 35.5. The fourth-order valence-corrected chi connectivity index (χ4v) is 1.25. The quantitative estimate of drug-likeness (QED) is 0.655. The lowest BCUT2D eigenvalue weighted by Crippen LogP contribution is -2.34. The van der Waals surface area contributed by atoms with Crippen molar-refractivity contribution in [2.45, 2.75) is 33.1 Å². The van der Waals surface area contributed by atoms with E-state index in [0.29, 0.717) is 18.8 Å². The van der Waals surface area contributed by atoms with E-state index in [4.69, 9.17) is 16.3 Å². The number of hydrogen-bond donors (Lipinski definition) is 1. The molecule has 4 heteroatoms. The number of ether oxygens (including phenoxy) is 1. The number of alkyl halides is 1. The van der Waals surface area contributed by atoms with Crippen molar-refractivity contribution in [1.82, 2.24) is 5.32 Å². The van der Waals surface area contributed by atoms with E-state index in [1.807, 2.05) is 0 Å². The molecule has 0 aromatic heterocycles. The first-order valence-corrected chi connectivity index (χ1v) is 5.87. The first-order valence-electron chi connectivity index (χ1n) is 5.33. The summed E-state index contributed by atoms with van der Waals surface area (Å²) < 4.78 is 5.02. The minimum Gasteiger partial charge on any atom is -0.385 e. The summed E-state index contributed by atoms with van der Waals surface area (Å²) in [6, 6.07) is 0. The molecular weight excluding hydrogens is 214 g/mol. The van der Waals surface area contributed by atoms with Crippen LogP contribution in [-0.4, -0.2) is 32.0 Å². The second-order valence-corrected chi connectivity index (χ2v) is 4.85. The molecule has 0 atom stereocenters. The second-order valence-electron chi connectivity index (χ2n) is 4.48. The van der Waals surface area contributed by atoms with E-state index in [9.17, 15) is 4.79 Å². The zero-order chi connectivity index (χ0) is 11.7. The number of carbonyl (C=O) groups is 1. The van der Waals surface area contributed by atoms with Crippen LogP contribution in [0.5, 0.6) is 0 Å². The number of nitrogens with one attached hydrogen (secondary N) is 1. The van der Waals surface area contributed by atoms with Crippen LogP contribution in [0.3, 0.4) is 0 Å². The summed E-state index contributed by atoms with van der Waals surface area (Å²) in [5.74, 6) is 0.627. The van der Waals surface area contributed by atoms with E-state index < -0.39 is 0 Å². The van der Waals surface area contributed by atoms with Crippen LogP contribution in [0.1, 0.15) is 33.1 Å². The summed E-state index contributed by atoms with van der Waals surface area (Å²) in [4.78, 5) is 11.3. The Hall–Kier alpha value is -0.280. The van der Waals surface area contributed by atoms with E-state index in [1.165, 1.54) is 0 Å². The normalized spacial score (nSPS) is 11.5. The molecule has 0 aromatic carbocycles. The SMILES string of the molecule is COCCC(C)(C)CNC(=O)CCCCl. The fraction of sp³-hybridized carbons (Fsp3) is 0.909. The minimum absolute atomic E-state index is 0.0844. The van der Waals surface area contributed by atoms with Gasteiger partial charge in [0, 0.05) is 32.6 Å². The third-order valence-electron chi connectivity index (χ3n) is 2.28. The molecule has 3 nitrogen and oxygen atoms in total. The molecular formula is C11H22ClNO2. The van der Waals surface area contributed by atoms with Gasteiger partial charge in [-0.25, -0.2) is 0 Å². The highest BCUT2D eigenvalue weighted by Gasteiger charge is 2.18. The van der Waals surface area contributed by atoms with E-state index in [0.717, 1.165) is 19.4 Å². The van der Waals surface area contributed by atoms with Crippen LogP contribution in [0.4, 0.5) is 0 Å². The third-order valence-corrected chi connectivity index (χ3v) is 2.55. The molecule has 90 valence electrons. The second kappa shape index (κ2) is 7.94. The number of methoxy groups -OCH3 is 1. The predicted octanol–water partition coefficient (Wildman–Crippen LogP) is 2.18. The van der Waals surface area contributed by atoms with E-state index in [1.54, 1.807) is 7.11 Å². The standard InChI is InChI=1S/C11H22ClNO2/c1-11(2,6-8-15-3)9-13-10(14)5-4-7-12/h4-9H2,1-3H3,(H,13,14). The van der Waals surface area contributed by atoms with Gasteiger partial charge in [-0.3, -0.25) is 4.79 Å². The molecule has 0 fully saturated rings. The summed E-state index contributed by atoms with van der Waals surface area (Å²) in [6.07, 6.45) is 2.20. The zero-order valence-corrected chi connectivity index (χ0v) is 10.7. The highest BCUT2D eigenvalue weighted by Crippen LogP contribution is 2.18. The molecule has 0 saturated heterocycles. The molecule has 0 spiro atoms. The van der Waals surface area contributed by atoms with Crippen LogP contribution in [0.15, 0.2) is 0 Å². The van der Waals surface area contributed by atoms with Crippen molar-refractivity contribution in [2.75, 3.05) is 26.1 Å². The molecule has 0 aromatic rings. The number of hydrogen-bond acceptors (Lipinski definition) is 2. The van der Waals surface area contributed by atoms with E-state index in [-0.39, 0.29) is 11.3 Å². The number of rotatable bonds is 8. The van der Waals surface area contributed by atoms with Crippen molar-refractivity contribution in [3.05, 3.63) is 0 Å². The van der Waals surface area contributed by atoms with Crippen molar-refractivity contribution in [3.63, 3.8) is 0 Å². The molecule has 0 heterocycles. The summed E-state index contributed by atoms with van der Waals surface area (Å²) in [7, 11) is 1.69. The van der Waals surface area contributed by atoms with E-state index in [2.05, 4.69) is 19.2 Å². The van der Waals surface area contributed by atoms with Crippen LogP contribution in [0, 0.1) is 5.41 Å². The Morgan fingerprint density at radius 2 is 2.13 bits per heavy atom. The summed E-state index contributed by atoms with van der Waals surface area (Å²) >= 11 is 5.51. The summed E-state index contributed by atoms with van der Waals surface area (Å²) in [5.41, 5.74) is 0.0899. The van der Waals surface area contributed by atoms with Crippen molar-refractivity contribution >= 4 is 17.5 Å². The molecule has 0 radical (unpaired) electrons. The minimum atomic E-state index is 0.0844. The van der Waals surface area contributed by atoms with Crippen LogP contribution < -0.4 is 5.32 Å².